The van der Waals surface area contributed by atoms with Crippen molar-refractivity contribution >= 4 is 23.2 Å². The van der Waals surface area contributed by atoms with Gasteiger partial charge in [0.05, 0.1) is 0 Å². The Morgan fingerprint density at radius 1 is 1.17 bits per heavy atom. The molecule has 29 heavy (non-hydrogen) atoms. The summed E-state index contributed by atoms with van der Waals surface area (Å²) in [4.78, 5) is 31.0. The van der Waals surface area contributed by atoms with Gasteiger partial charge in [-0.2, -0.15) is 0 Å². The molecule has 7 heteroatoms. The first-order valence-corrected chi connectivity index (χ1v) is 10.2. The molecular weight excluding hydrogens is 386 g/mol. The zero-order valence-electron chi connectivity index (χ0n) is 16.0. The molecule has 2 N–H and O–H groups in total. The number of aromatic nitrogens is 1. The average molecular weight is 407 g/mol. The second-order valence-corrected chi connectivity index (χ2v) is 7.99. The number of primary amides is 1. The van der Waals surface area contributed by atoms with Gasteiger partial charge in [-0.05, 0) is 30.2 Å². The van der Waals surface area contributed by atoms with Crippen molar-refractivity contribution in [2.45, 2.75) is 32.5 Å². The fourth-order valence-corrected chi connectivity index (χ4v) is 4.07. The molecule has 0 aliphatic carbocycles. The van der Waals surface area contributed by atoms with Crippen molar-refractivity contribution in [3.63, 3.8) is 0 Å². The quantitative estimate of drug-likeness (QED) is 0.704. The minimum absolute atomic E-state index is 0.281. The van der Waals surface area contributed by atoms with Gasteiger partial charge >= 0.3 is 0 Å². The zero-order valence-corrected chi connectivity index (χ0v) is 16.8. The van der Waals surface area contributed by atoms with Crippen LogP contribution in [0, 0.1) is 6.92 Å². The van der Waals surface area contributed by atoms with Gasteiger partial charge in [0.1, 0.15) is 29.1 Å². The predicted molar refractivity (Wildman–Crippen MR) is 111 cm³/mol. The third kappa shape index (κ3) is 4.14. The smallest absolute Gasteiger partial charge is 0.274 e. The number of carbonyl (C=O) groups excluding carboxylic acids is 2. The van der Waals surface area contributed by atoms with Gasteiger partial charge in [-0.3, -0.25) is 9.59 Å². The average Bonchev–Trinajstić information content (AvgIpc) is 3.21. The van der Waals surface area contributed by atoms with Crippen LogP contribution in [-0.4, -0.2) is 27.7 Å². The lowest BCUT2D eigenvalue weighted by molar-refractivity contribution is -0.122. The molecule has 0 radical (unpaired) electrons. The van der Waals surface area contributed by atoms with Crippen molar-refractivity contribution in [1.29, 1.82) is 0 Å². The lowest BCUT2D eigenvalue weighted by atomic mass is 9.93. The molecule has 0 bridgehead atoms. The first-order valence-electron chi connectivity index (χ1n) is 9.32. The summed E-state index contributed by atoms with van der Waals surface area (Å²) in [6.07, 6.45) is 0.421. The normalized spacial score (nSPS) is 15.6. The Balaban J connectivity index is 1.49. The number of nitrogens with zero attached hydrogens (tertiary/aromatic N) is 2. The number of benzene rings is 2. The summed E-state index contributed by atoms with van der Waals surface area (Å²) in [6, 6.07) is 14.9. The topological polar surface area (TPSA) is 85.5 Å². The highest BCUT2D eigenvalue weighted by Gasteiger charge is 2.34. The standard InChI is InChI=1S/C22H21N3O3S/c1-14-6-8-17(9-7-14)28-12-20-24-18(13-29-20)22(27)25-11-16-5-3-2-4-15(16)10-19(25)21(23)26/h2-9,13,19H,10-12H2,1H3,(H2,23,26). The summed E-state index contributed by atoms with van der Waals surface area (Å²) in [7, 11) is 0. The van der Waals surface area contributed by atoms with E-state index >= 15 is 0 Å². The predicted octanol–water partition coefficient (Wildman–Crippen LogP) is 3.08. The molecule has 0 spiro atoms. The number of hydrogen-bond acceptors (Lipinski definition) is 5. The van der Waals surface area contributed by atoms with Crippen LogP contribution in [0.2, 0.25) is 0 Å². The Kier molecular flexibility index (Phi) is 5.31. The molecule has 1 aliphatic rings. The molecular formula is C22H21N3O3S. The number of amides is 2. The van der Waals surface area contributed by atoms with Gasteiger partial charge in [-0.15, -0.1) is 11.3 Å². The molecule has 4 rings (SSSR count). The van der Waals surface area contributed by atoms with E-state index in [-0.39, 0.29) is 12.5 Å². The number of ether oxygens (including phenoxy) is 1. The summed E-state index contributed by atoms with van der Waals surface area (Å²) in [5, 5.41) is 2.40. The monoisotopic (exact) mass is 407 g/mol. The Morgan fingerprint density at radius 2 is 1.90 bits per heavy atom. The number of hydrogen-bond donors (Lipinski definition) is 1. The molecule has 148 valence electrons. The SMILES string of the molecule is Cc1ccc(OCc2nc(C(=O)N3Cc4ccccc4CC3C(N)=O)cs2)cc1. The van der Waals surface area contributed by atoms with Crippen LogP contribution in [0.5, 0.6) is 5.75 Å². The van der Waals surface area contributed by atoms with Crippen molar-refractivity contribution in [3.8, 4) is 5.75 Å². The van der Waals surface area contributed by atoms with Crippen molar-refractivity contribution in [3.05, 3.63) is 81.3 Å². The molecule has 2 aromatic carbocycles. The van der Waals surface area contributed by atoms with E-state index in [9.17, 15) is 9.59 Å². The Hall–Kier alpha value is -3.19. The van der Waals surface area contributed by atoms with Crippen molar-refractivity contribution in [1.82, 2.24) is 9.88 Å². The zero-order chi connectivity index (χ0) is 20.4. The Morgan fingerprint density at radius 3 is 2.62 bits per heavy atom. The summed E-state index contributed by atoms with van der Waals surface area (Å²) in [5.74, 6) is -0.0488. The van der Waals surface area contributed by atoms with Crippen LogP contribution in [0.15, 0.2) is 53.9 Å². The van der Waals surface area contributed by atoms with Crippen LogP contribution in [0.4, 0.5) is 0 Å². The third-order valence-electron chi connectivity index (χ3n) is 4.99. The first-order chi connectivity index (χ1) is 14.0. The van der Waals surface area contributed by atoms with Crippen molar-refractivity contribution in [2.75, 3.05) is 0 Å². The molecule has 1 aliphatic heterocycles. The van der Waals surface area contributed by atoms with E-state index in [1.807, 2.05) is 55.5 Å². The summed E-state index contributed by atoms with van der Waals surface area (Å²) >= 11 is 1.36. The molecule has 2 heterocycles. The molecule has 0 fully saturated rings. The number of carbonyl (C=O) groups is 2. The highest BCUT2D eigenvalue weighted by molar-refractivity contribution is 7.09. The molecule has 3 aromatic rings. The molecule has 6 nitrogen and oxygen atoms in total. The molecule has 2 amide bonds. The third-order valence-corrected chi connectivity index (χ3v) is 5.81. The van der Waals surface area contributed by atoms with Gasteiger partial charge in [0.25, 0.3) is 5.91 Å². The lowest BCUT2D eigenvalue weighted by Gasteiger charge is -2.34. The van der Waals surface area contributed by atoms with Crippen LogP contribution in [0.25, 0.3) is 0 Å². The maximum absolute atomic E-state index is 13.1. The van der Waals surface area contributed by atoms with Crippen LogP contribution in [0.3, 0.4) is 0 Å². The second kappa shape index (κ2) is 8.05. The fraction of sp³-hybridized carbons (Fsp3) is 0.227. The van der Waals surface area contributed by atoms with E-state index in [2.05, 4.69) is 4.98 Å². The minimum Gasteiger partial charge on any atom is -0.486 e. The number of fused-ring (bicyclic) bond motifs is 1. The summed E-state index contributed by atoms with van der Waals surface area (Å²) in [6.45, 7) is 2.64. The van der Waals surface area contributed by atoms with Gasteiger partial charge in [-0.1, -0.05) is 42.0 Å². The van der Waals surface area contributed by atoms with E-state index in [0.29, 0.717) is 23.7 Å². The van der Waals surface area contributed by atoms with Crippen molar-refractivity contribution in [2.24, 2.45) is 5.73 Å². The molecule has 1 aromatic heterocycles. The van der Waals surface area contributed by atoms with E-state index in [1.54, 1.807) is 5.38 Å². The Bertz CT molecular complexity index is 1050. The molecule has 0 saturated heterocycles. The maximum Gasteiger partial charge on any atom is 0.274 e. The largest absolute Gasteiger partial charge is 0.486 e. The van der Waals surface area contributed by atoms with Crippen LogP contribution < -0.4 is 10.5 Å². The number of rotatable bonds is 5. The van der Waals surface area contributed by atoms with Crippen LogP contribution >= 0.6 is 11.3 Å². The highest BCUT2D eigenvalue weighted by Crippen LogP contribution is 2.25. The van der Waals surface area contributed by atoms with Gasteiger partial charge in [0.15, 0.2) is 0 Å². The van der Waals surface area contributed by atoms with Gasteiger partial charge in [0, 0.05) is 18.3 Å². The first kappa shape index (κ1) is 19.1. The van der Waals surface area contributed by atoms with E-state index in [1.165, 1.54) is 16.2 Å². The molecule has 1 unspecified atom stereocenters. The van der Waals surface area contributed by atoms with Crippen LogP contribution in [0.1, 0.15) is 32.2 Å². The van der Waals surface area contributed by atoms with Gasteiger partial charge in [0.2, 0.25) is 5.91 Å². The maximum atomic E-state index is 13.1. The van der Waals surface area contributed by atoms with E-state index in [0.717, 1.165) is 22.4 Å². The second-order valence-electron chi connectivity index (χ2n) is 7.05. The van der Waals surface area contributed by atoms with Crippen LogP contribution in [-0.2, 0) is 24.4 Å². The number of nitrogens with two attached hydrogens (primary N) is 1. The van der Waals surface area contributed by atoms with Crippen molar-refractivity contribution < 1.29 is 14.3 Å². The van der Waals surface area contributed by atoms with Gasteiger partial charge < -0.3 is 15.4 Å². The van der Waals surface area contributed by atoms with Gasteiger partial charge in [-0.25, -0.2) is 4.98 Å². The minimum atomic E-state index is -0.675. The van der Waals surface area contributed by atoms with E-state index in [4.69, 9.17) is 10.5 Å². The number of thiazole rings is 1. The van der Waals surface area contributed by atoms with E-state index < -0.39 is 11.9 Å². The Labute approximate surface area is 172 Å². The summed E-state index contributed by atoms with van der Waals surface area (Å²) in [5.41, 5.74) is 9.13. The summed E-state index contributed by atoms with van der Waals surface area (Å²) < 4.78 is 5.74. The molecule has 1 atom stereocenters. The highest BCUT2D eigenvalue weighted by atomic mass is 32.1. The molecule has 0 saturated carbocycles. The lowest BCUT2D eigenvalue weighted by Crippen LogP contribution is -2.51. The fourth-order valence-electron chi connectivity index (χ4n) is 3.39. The number of aryl methyl sites for hydroxylation is 1.